The van der Waals surface area contributed by atoms with Crippen LogP contribution in [-0.4, -0.2) is 21.8 Å². The quantitative estimate of drug-likeness (QED) is 0.730. The lowest BCUT2D eigenvalue weighted by Gasteiger charge is -2.39. The Morgan fingerprint density at radius 1 is 1.38 bits per heavy atom. The van der Waals surface area contributed by atoms with Crippen LogP contribution in [0.15, 0.2) is 0 Å². The molecule has 1 fully saturated rings. The summed E-state index contributed by atoms with van der Waals surface area (Å²) in [4.78, 5) is 11.2. The van der Waals surface area contributed by atoms with E-state index in [-0.39, 0.29) is 0 Å². The predicted molar refractivity (Wildman–Crippen MR) is 63.2 cm³/mol. The van der Waals surface area contributed by atoms with Crippen LogP contribution in [0.5, 0.6) is 0 Å². The van der Waals surface area contributed by atoms with Gasteiger partial charge in [-0.05, 0) is 39.0 Å². The molecule has 0 amide bonds. The van der Waals surface area contributed by atoms with Crippen LogP contribution in [0, 0.1) is 11.3 Å². The van der Waals surface area contributed by atoms with Crippen molar-refractivity contribution in [1.82, 2.24) is 0 Å². The maximum absolute atomic E-state index is 11.2. The van der Waals surface area contributed by atoms with Gasteiger partial charge < -0.3 is 10.2 Å². The summed E-state index contributed by atoms with van der Waals surface area (Å²) in [6, 6.07) is 0. The molecule has 0 aromatic carbocycles. The van der Waals surface area contributed by atoms with Gasteiger partial charge in [-0.15, -0.1) is 0 Å². The largest absolute Gasteiger partial charge is 0.481 e. The van der Waals surface area contributed by atoms with E-state index in [2.05, 4.69) is 6.92 Å². The predicted octanol–water partition coefficient (Wildman–Crippen LogP) is 2.82. The van der Waals surface area contributed by atoms with Crippen molar-refractivity contribution in [2.24, 2.45) is 11.3 Å². The number of carbonyl (C=O) groups is 1. The number of carboxylic acid groups (broad SMARTS) is 1. The first kappa shape index (κ1) is 13.5. The van der Waals surface area contributed by atoms with Gasteiger partial charge in [0.2, 0.25) is 0 Å². The fraction of sp³-hybridized carbons (Fsp3) is 0.923. The lowest BCUT2D eigenvalue weighted by molar-refractivity contribution is -0.166. The van der Waals surface area contributed by atoms with Gasteiger partial charge in [-0.2, -0.15) is 0 Å². The molecule has 0 spiro atoms. The lowest BCUT2D eigenvalue weighted by Crippen LogP contribution is -2.49. The summed E-state index contributed by atoms with van der Waals surface area (Å²) in [6.07, 6.45) is 5.36. The molecule has 0 aliphatic heterocycles. The Kier molecular flexibility index (Phi) is 4.00. The Hall–Kier alpha value is -0.570. The summed E-state index contributed by atoms with van der Waals surface area (Å²) in [5.41, 5.74) is -2.08. The van der Waals surface area contributed by atoms with Crippen molar-refractivity contribution >= 4 is 5.97 Å². The van der Waals surface area contributed by atoms with E-state index in [1.54, 1.807) is 13.8 Å². The molecule has 1 rings (SSSR count). The molecule has 0 aromatic rings. The van der Waals surface area contributed by atoms with Crippen molar-refractivity contribution in [2.75, 3.05) is 0 Å². The highest BCUT2D eigenvalue weighted by atomic mass is 16.4. The Labute approximate surface area is 97.9 Å². The molecule has 0 saturated heterocycles. The van der Waals surface area contributed by atoms with E-state index >= 15 is 0 Å². The zero-order valence-electron chi connectivity index (χ0n) is 10.6. The van der Waals surface area contributed by atoms with Gasteiger partial charge in [0.25, 0.3) is 0 Å². The second-order valence-corrected chi connectivity index (χ2v) is 5.67. The van der Waals surface area contributed by atoms with E-state index in [4.69, 9.17) is 0 Å². The van der Waals surface area contributed by atoms with Gasteiger partial charge in [-0.25, -0.2) is 0 Å². The molecule has 1 saturated carbocycles. The second kappa shape index (κ2) is 4.74. The molecule has 0 heterocycles. The van der Waals surface area contributed by atoms with Gasteiger partial charge in [0.05, 0.1) is 11.0 Å². The molecule has 3 heteroatoms. The second-order valence-electron chi connectivity index (χ2n) is 5.67. The first-order valence-electron chi connectivity index (χ1n) is 6.29. The van der Waals surface area contributed by atoms with E-state index in [1.807, 2.05) is 0 Å². The van der Waals surface area contributed by atoms with Crippen LogP contribution in [0.4, 0.5) is 0 Å². The summed E-state index contributed by atoms with van der Waals surface area (Å²) in [5, 5.41) is 19.8. The fourth-order valence-corrected chi connectivity index (χ4v) is 2.63. The van der Waals surface area contributed by atoms with Crippen molar-refractivity contribution in [1.29, 1.82) is 0 Å². The third kappa shape index (κ3) is 2.40. The van der Waals surface area contributed by atoms with Gasteiger partial charge >= 0.3 is 5.97 Å². The minimum absolute atomic E-state index is 0.614. The Bertz CT molecular complexity index is 260. The van der Waals surface area contributed by atoms with E-state index in [1.165, 1.54) is 0 Å². The summed E-state index contributed by atoms with van der Waals surface area (Å²) < 4.78 is 0. The normalized spacial score (nSPS) is 32.1. The number of aliphatic hydroxyl groups is 1. The smallest absolute Gasteiger partial charge is 0.312 e. The number of aliphatic carboxylic acids is 1. The minimum Gasteiger partial charge on any atom is -0.481 e. The van der Waals surface area contributed by atoms with E-state index in [0.717, 1.165) is 25.7 Å². The molecule has 94 valence electrons. The summed E-state index contributed by atoms with van der Waals surface area (Å²) in [6.45, 7) is 5.45. The van der Waals surface area contributed by atoms with Gasteiger partial charge in [-0.1, -0.05) is 26.2 Å². The summed E-state index contributed by atoms with van der Waals surface area (Å²) in [7, 11) is 0. The molecule has 2 unspecified atom stereocenters. The third-order valence-electron chi connectivity index (χ3n) is 4.44. The molecule has 0 aromatic heterocycles. The number of carboxylic acids is 1. The Morgan fingerprint density at radius 3 is 2.50 bits per heavy atom. The highest BCUT2D eigenvalue weighted by Crippen LogP contribution is 2.43. The minimum atomic E-state index is -1.05. The molecular weight excluding hydrogens is 204 g/mol. The van der Waals surface area contributed by atoms with Gasteiger partial charge in [0.1, 0.15) is 0 Å². The van der Waals surface area contributed by atoms with Crippen molar-refractivity contribution in [3.05, 3.63) is 0 Å². The van der Waals surface area contributed by atoms with Crippen molar-refractivity contribution < 1.29 is 15.0 Å². The maximum Gasteiger partial charge on any atom is 0.312 e. The van der Waals surface area contributed by atoms with Crippen LogP contribution >= 0.6 is 0 Å². The summed E-state index contributed by atoms with van der Waals surface area (Å²) in [5.74, 6) is -0.247. The fourth-order valence-electron chi connectivity index (χ4n) is 2.63. The van der Waals surface area contributed by atoms with Crippen LogP contribution in [-0.2, 0) is 4.79 Å². The maximum atomic E-state index is 11.2. The molecule has 3 nitrogen and oxygen atoms in total. The molecule has 2 atom stereocenters. The van der Waals surface area contributed by atoms with E-state index < -0.39 is 17.0 Å². The Morgan fingerprint density at radius 2 is 2.00 bits per heavy atom. The molecule has 16 heavy (non-hydrogen) atoms. The standard InChI is InChI=1S/C13H24O3/c1-4-10-6-5-8-13(16,9-7-10)12(2,3)11(14)15/h10,16H,4-9H2,1-3H3,(H,14,15). The molecule has 1 aliphatic rings. The van der Waals surface area contributed by atoms with Crippen molar-refractivity contribution in [2.45, 2.75) is 64.9 Å². The van der Waals surface area contributed by atoms with Crippen LogP contribution in [0.1, 0.15) is 59.3 Å². The Balaban J connectivity index is 2.81. The zero-order chi connectivity index (χ0) is 12.4. The van der Waals surface area contributed by atoms with Gasteiger partial charge in [0.15, 0.2) is 0 Å². The zero-order valence-corrected chi connectivity index (χ0v) is 10.6. The monoisotopic (exact) mass is 228 g/mol. The SMILES string of the molecule is CCC1CCCC(O)(C(C)(C)C(=O)O)CC1. The summed E-state index contributed by atoms with van der Waals surface area (Å²) >= 11 is 0. The number of rotatable bonds is 3. The number of hydrogen-bond donors (Lipinski definition) is 2. The first-order valence-corrected chi connectivity index (χ1v) is 6.29. The van der Waals surface area contributed by atoms with E-state index in [0.29, 0.717) is 18.8 Å². The number of hydrogen-bond acceptors (Lipinski definition) is 2. The van der Waals surface area contributed by atoms with Crippen LogP contribution in [0.2, 0.25) is 0 Å². The average molecular weight is 228 g/mol. The average Bonchev–Trinajstić information content (AvgIpc) is 2.41. The molecule has 2 N–H and O–H groups in total. The molecule has 1 aliphatic carbocycles. The highest BCUT2D eigenvalue weighted by Gasteiger charge is 2.49. The van der Waals surface area contributed by atoms with Crippen LogP contribution < -0.4 is 0 Å². The lowest BCUT2D eigenvalue weighted by atomic mass is 9.70. The van der Waals surface area contributed by atoms with E-state index in [9.17, 15) is 15.0 Å². The molecular formula is C13H24O3. The third-order valence-corrected chi connectivity index (χ3v) is 4.44. The van der Waals surface area contributed by atoms with Crippen LogP contribution in [0.3, 0.4) is 0 Å². The molecule has 0 radical (unpaired) electrons. The molecule has 0 bridgehead atoms. The first-order chi connectivity index (χ1) is 7.33. The topological polar surface area (TPSA) is 57.5 Å². The van der Waals surface area contributed by atoms with Crippen molar-refractivity contribution in [3.63, 3.8) is 0 Å². The van der Waals surface area contributed by atoms with Gasteiger partial charge in [-0.3, -0.25) is 4.79 Å². The van der Waals surface area contributed by atoms with Gasteiger partial charge in [0, 0.05) is 0 Å². The van der Waals surface area contributed by atoms with Crippen LogP contribution in [0.25, 0.3) is 0 Å². The highest BCUT2D eigenvalue weighted by molar-refractivity contribution is 5.75. The van der Waals surface area contributed by atoms with Crippen molar-refractivity contribution in [3.8, 4) is 0 Å².